The third-order valence-electron chi connectivity index (χ3n) is 4.40. The van der Waals surface area contributed by atoms with E-state index in [2.05, 4.69) is 11.8 Å². The topological polar surface area (TPSA) is 36.9 Å². The molecule has 4 heteroatoms. The van der Waals surface area contributed by atoms with Crippen LogP contribution in [0.15, 0.2) is 0 Å². The van der Waals surface area contributed by atoms with Crippen molar-refractivity contribution in [2.75, 3.05) is 26.4 Å². The molecule has 4 nitrogen and oxygen atoms in total. The standard InChI is InChI=1S/C20H34O4/c1(3-5-9-15-21-19-13-7-11-17-23-19)2-4-6-10-16-22-20-14-8-12-18-24-20/h19-20H,3-18H2. The smallest absolute Gasteiger partial charge is 0.157 e. The fourth-order valence-corrected chi connectivity index (χ4v) is 2.92. The Hall–Kier alpha value is -0.600. The molecule has 24 heavy (non-hydrogen) atoms. The zero-order valence-electron chi connectivity index (χ0n) is 15.1. The lowest BCUT2D eigenvalue weighted by Gasteiger charge is -2.22. The predicted octanol–water partition coefficient (Wildman–Crippen LogP) is 4.42. The third kappa shape index (κ3) is 9.64. The van der Waals surface area contributed by atoms with Crippen LogP contribution >= 0.6 is 0 Å². The van der Waals surface area contributed by atoms with Crippen molar-refractivity contribution in [2.45, 2.75) is 89.6 Å². The number of hydrogen-bond acceptors (Lipinski definition) is 4. The van der Waals surface area contributed by atoms with Crippen molar-refractivity contribution >= 4 is 0 Å². The van der Waals surface area contributed by atoms with E-state index in [0.29, 0.717) is 0 Å². The van der Waals surface area contributed by atoms with Gasteiger partial charge in [-0.2, -0.15) is 0 Å². The van der Waals surface area contributed by atoms with Crippen molar-refractivity contribution < 1.29 is 18.9 Å². The van der Waals surface area contributed by atoms with Gasteiger partial charge < -0.3 is 18.9 Å². The Morgan fingerprint density at radius 2 is 1.17 bits per heavy atom. The van der Waals surface area contributed by atoms with Crippen LogP contribution < -0.4 is 0 Å². The Morgan fingerprint density at radius 1 is 0.667 bits per heavy atom. The lowest BCUT2D eigenvalue weighted by Crippen LogP contribution is -2.22. The second-order valence-electron chi connectivity index (χ2n) is 6.60. The molecule has 0 spiro atoms. The summed E-state index contributed by atoms with van der Waals surface area (Å²) in [6, 6.07) is 0. The van der Waals surface area contributed by atoms with E-state index in [1.807, 2.05) is 0 Å². The molecule has 0 saturated carbocycles. The van der Waals surface area contributed by atoms with Crippen molar-refractivity contribution in [3.05, 3.63) is 0 Å². The normalized spacial score (nSPS) is 24.3. The first-order valence-corrected chi connectivity index (χ1v) is 9.87. The summed E-state index contributed by atoms with van der Waals surface area (Å²) >= 11 is 0. The zero-order chi connectivity index (χ0) is 16.7. The highest BCUT2D eigenvalue weighted by atomic mass is 16.7. The van der Waals surface area contributed by atoms with Crippen LogP contribution in [0.5, 0.6) is 0 Å². The maximum absolute atomic E-state index is 5.71. The second kappa shape index (κ2) is 13.7. The van der Waals surface area contributed by atoms with Gasteiger partial charge in [-0.15, -0.1) is 11.8 Å². The van der Waals surface area contributed by atoms with Crippen LogP contribution in [0.25, 0.3) is 0 Å². The van der Waals surface area contributed by atoms with E-state index in [0.717, 1.165) is 77.8 Å². The van der Waals surface area contributed by atoms with Crippen molar-refractivity contribution in [3.8, 4) is 11.8 Å². The zero-order valence-corrected chi connectivity index (χ0v) is 15.1. The van der Waals surface area contributed by atoms with E-state index in [1.54, 1.807) is 0 Å². The van der Waals surface area contributed by atoms with Crippen molar-refractivity contribution in [1.29, 1.82) is 0 Å². The molecule has 2 fully saturated rings. The molecule has 0 amide bonds. The Labute approximate surface area is 147 Å². The van der Waals surface area contributed by atoms with Crippen molar-refractivity contribution in [2.24, 2.45) is 0 Å². The van der Waals surface area contributed by atoms with E-state index in [4.69, 9.17) is 18.9 Å². The molecule has 0 radical (unpaired) electrons. The Bertz CT molecular complexity index is 316. The average molecular weight is 338 g/mol. The molecule has 0 aromatic heterocycles. The molecular formula is C20H34O4. The number of unbranched alkanes of at least 4 members (excludes halogenated alkanes) is 4. The van der Waals surface area contributed by atoms with E-state index < -0.39 is 0 Å². The van der Waals surface area contributed by atoms with Gasteiger partial charge in [0.1, 0.15) is 0 Å². The maximum Gasteiger partial charge on any atom is 0.157 e. The third-order valence-corrected chi connectivity index (χ3v) is 4.40. The van der Waals surface area contributed by atoms with E-state index in [-0.39, 0.29) is 12.6 Å². The highest BCUT2D eigenvalue weighted by Gasteiger charge is 2.13. The lowest BCUT2D eigenvalue weighted by molar-refractivity contribution is -0.163. The summed E-state index contributed by atoms with van der Waals surface area (Å²) in [7, 11) is 0. The minimum Gasteiger partial charge on any atom is -0.353 e. The van der Waals surface area contributed by atoms with Gasteiger partial charge in [-0.3, -0.25) is 0 Å². The average Bonchev–Trinajstić information content (AvgIpc) is 2.64. The summed E-state index contributed by atoms with van der Waals surface area (Å²) in [6.45, 7) is 3.31. The molecule has 2 heterocycles. The molecule has 2 aliphatic rings. The molecule has 2 atom stereocenters. The Morgan fingerprint density at radius 3 is 1.58 bits per heavy atom. The minimum absolute atomic E-state index is 0.0473. The van der Waals surface area contributed by atoms with Gasteiger partial charge in [-0.05, 0) is 64.2 Å². The van der Waals surface area contributed by atoms with Gasteiger partial charge in [0.25, 0.3) is 0 Å². The number of hydrogen-bond donors (Lipinski definition) is 0. The molecule has 0 aromatic rings. The molecule has 138 valence electrons. The van der Waals surface area contributed by atoms with Crippen LogP contribution in [-0.4, -0.2) is 39.0 Å². The summed E-state index contributed by atoms with van der Waals surface area (Å²) in [6.07, 6.45) is 13.3. The largest absolute Gasteiger partial charge is 0.353 e. The molecule has 0 aliphatic carbocycles. The number of rotatable bonds is 10. The second-order valence-corrected chi connectivity index (χ2v) is 6.60. The molecule has 0 bridgehead atoms. The summed E-state index contributed by atoms with van der Waals surface area (Å²) in [5, 5.41) is 0. The Kier molecular flexibility index (Phi) is 11.2. The highest BCUT2D eigenvalue weighted by Crippen LogP contribution is 2.15. The van der Waals surface area contributed by atoms with Crippen LogP contribution in [0.2, 0.25) is 0 Å². The number of ether oxygens (including phenoxy) is 4. The molecule has 2 aliphatic heterocycles. The fourth-order valence-electron chi connectivity index (χ4n) is 2.92. The van der Waals surface area contributed by atoms with Crippen LogP contribution in [0.3, 0.4) is 0 Å². The lowest BCUT2D eigenvalue weighted by atomic mass is 10.2. The van der Waals surface area contributed by atoms with Gasteiger partial charge in [0, 0.05) is 39.3 Å². The van der Waals surface area contributed by atoms with Gasteiger partial charge >= 0.3 is 0 Å². The highest BCUT2D eigenvalue weighted by molar-refractivity contribution is 4.98. The SMILES string of the molecule is C(#CCCCCOC1CCCCO1)CCCCOC1CCCCO1. The van der Waals surface area contributed by atoms with Crippen LogP contribution in [0.1, 0.15) is 77.0 Å². The molecule has 2 rings (SSSR count). The van der Waals surface area contributed by atoms with Crippen LogP contribution in [-0.2, 0) is 18.9 Å². The summed E-state index contributed by atoms with van der Waals surface area (Å²) in [4.78, 5) is 0. The van der Waals surface area contributed by atoms with Crippen molar-refractivity contribution in [1.82, 2.24) is 0 Å². The summed E-state index contributed by atoms with van der Waals surface area (Å²) < 4.78 is 22.5. The molecular weight excluding hydrogens is 304 g/mol. The first kappa shape index (κ1) is 19.7. The van der Waals surface area contributed by atoms with Crippen LogP contribution in [0, 0.1) is 11.8 Å². The van der Waals surface area contributed by atoms with Gasteiger partial charge in [-0.25, -0.2) is 0 Å². The van der Waals surface area contributed by atoms with Gasteiger partial charge in [0.05, 0.1) is 0 Å². The minimum atomic E-state index is 0.0473. The van der Waals surface area contributed by atoms with Gasteiger partial charge in [-0.1, -0.05) is 0 Å². The van der Waals surface area contributed by atoms with E-state index in [1.165, 1.54) is 25.7 Å². The molecule has 2 saturated heterocycles. The molecule has 0 N–H and O–H groups in total. The van der Waals surface area contributed by atoms with Crippen molar-refractivity contribution in [3.63, 3.8) is 0 Å². The maximum atomic E-state index is 5.71. The first-order valence-electron chi connectivity index (χ1n) is 9.87. The fraction of sp³-hybridized carbons (Fsp3) is 0.900. The first-order chi connectivity index (χ1) is 11.9. The predicted molar refractivity (Wildman–Crippen MR) is 94.6 cm³/mol. The van der Waals surface area contributed by atoms with E-state index >= 15 is 0 Å². The quantitative estimate of drug-likeness (QED) is 0.436. The van der Waals surface area contributed by atoms with Crippen LogP contribution in [0.4, 0.5) is 0 Å². The summed E-state index contributed by atoms with van der Waals surface area (Å²) in [5.74, 6) is 6.52. The monoisotopic (exact) mass is 338 g/mol. The van der Waals surface area contributed by atoms with Gasteiger partial charge in [0.15, 0.2) is 12.6 Å². The molecule has 2 unspecified atom stereocenters. The van der Waals surface area contributed by atoms with E-state index in [9.17, 15) is 0 Å². The molecule has 0 aromatic carbocycles. The Balaban J connectivity index is 1.31. The summed E-state index contributed by atoms with van der Waals surface area (Å²) in [5.41, 5.74) is 0. The van der Waals surface area contributed by atoms with Gasteiger partial charge in [0.2, 0.25) is 0 Å².